The monoisotopic (exact) mass is 501 g/mol. The van der Waals surface area contributed by atoms with Crippen molar-refractivity contribution in [2.75, 3.05) is 17.3 Å². The summed E-state index contributed by atoms with van der Waals surface area (Å²) in [5.74, 6) is -1.44. The minimum Gasteiger partial charge on any atom is -0.477 e. The molecule has 8 nitrogen and oxygen atoms in total. The topological polar surface area (TPSA) is 117 Å². The summed E-state index contributed by atoms with van der Waals surface area (Å²) in [6.45, 7) is 0. The number of nitrogens with one attached hydrogen (secondary N) is 1. The first kappa shape index (κ1) is 21.6. The van der Waals surface area contributed by atoms with Crippen LogP contribution in [0.4, 0.5) is 0 Å². The minimum atomic E-state index is -1.47. The number of aliphatic carboxylic acids is 1. The van der Waals surface area contributed by atoms with Gasteiger partial charge in [0.15, 0.2) is 0 Å². The van der Waals surface area contributed by atoms with Crippen LogP contribution in [0.2, 0.25) is 0 Å². The van der Waals surface area contributed by atoms with E-state index in [0.717, 1.165) is 4.21 Å². The third-order valence-corrected chi connectivity index (χ3v) is 10.4. The number of hydrogen-bond donors (Lipinski definition) is 2. The molecule has 13 heteroatoms. The molecule has 2 aliphatic rings. The molecule has 2 amide bonds. The Morgan fingerprint density at radius 1 is 1.40 bits per heavy atom. The molecular formula is C17H15N3O5S5. The molecule has 1 fully saturated rings. The zero-order chi connectivity index (χ0) is 21.3. The molecule has 2 aromatic heterocycles. The summed E-state index contributed by atoms with van der Waals surface area (Å²) < 4.78 is 13.8. The van der Waals surface area contributed by atoms with Crippen LogP contribution in [0, 0.1) is 0 Å². The summed E-state index contributed by atoms with van der Waals surface area (Å²) in [4.78, 5) is 42.0. The number of β-lactam (4-membered cyclic amide) rings is 1. The fourth-order valence-electron chi connectivity index (χ4n) is 3.03. The number of carbonyl (C=O) groups excluding carboxylic acids is 2. The summed E-state index contributed by atoms with van der Waals surface area (Å²) >= 11 is 5.67. The Kier molecular flexibility index (Phi) is 6.63. The van der Waals surface area contributed by atoms with E-state index in [4.69, 9.17) is 0 Å². The number of carboxylic acid groups (broad SMARTS) is 1. The number of carbonyl (C=O) groups is 3. The summed E-state index contributed by atoms with van der Waals surface area (Å²) in [6, 6.07) is 2.64. The van der Waals surface area contributed by atoms with Gasteiger partial charge in [-0.2, -0.15) is 0 Å². The van der Waals surface area contributed by atoms with Gasteiger partial charge in [0.25, 0.3) is 5.91 Å². The van der Waals surface area contributed by atoms with Crippen LogP contribution >= 0.6 is 46.2 Å². The standard InChI is InChI=1S/C17H15N3O5S5/c21-10(7-30(25)12-2-1-3-26-12)19-13-15(22)20-14(17(23)24)9(6-28-16(13)20)5-27-11-4-18-8-29-11/h1-4,8,13,16H,5-7H2,(H,19,21)(H,23,24). The highest BCUT2D eigenvalue weighted by Crippen LogP contribution is 2.41. The lowest BCUT2D eigenvalue weighted by molar-refractivity contribution is -0.150. The quantitative estimate of drug-likeness (QED) is 0.416. The van der Waals surface area contributed by atoms with Crippen LogP contribution in [-0.4, -0.2) is 65.7 Å². The minimum absolute atomic E-state index is 0.00609. The lowest BCUT2D eigenvalue weighted by atomic mass is 10.0. The molecule has 3 unspecified atom stereocenters. The number of thiazole rings is 1. The average Bonchev–Trinajstić information content (AvgIpc) is 3.43. The summed E-state index contributed by atoms with van der Waals surface area (Å²) in [5, 5.41) is 13.6. The first-order valence-electron chi connectivity index (χ1n) is 8.58. The zero-order valence-electron chi connectivity index (χ0n) is 15.2. The van der Waals surface area contributed by atoms with Crippen molar-refractivity contribution in [1.29, 1.82) is 0 Å². The molecule has 0 aliphatic carbocycles. The molecule has 2 N–H and O–H groups in total. The van der Waals surface area contributed by atoms with E-state index in [1.807, 2.05) is 0 Å². The Balaban J connectivity index is 1.41. The van der Waals surface area contributed by atoms with Crippen LogP contribution in [0.25, 0.3) is 0 Å². The molecule has 1 saturated heterocycles. The van der Waals surface area contributed by atoms with Gasteiger partial charge in [0, 0.05) is 11.5 Å². The number of nitrogens with zero attached hydrogens (tertiary/aromatic N) is 2. The maximum Gasteiger partial charge on any atom is 0.352 e. The molecule has 0 aromatic carbocycles. The normalized spacial score (nSPS) is 21.7. The van der Waals surface area contributed by atoms with Gasteiger partial charge < -0.3 is 10.4 Å². The number of thioether (sulfide) groups is 2. The fraction of sp³-hybridized carbons (Fsp3) is 0.294. The predicted octanol–water partition coefficient (Wildman–Crippen LogP) is 1.84. The maximum atomic E-state index is 12.7. The molecule has 0 saturated carbocycles. The second kappa shape index (κ2) is 9.22. The van der Waals surface area contributed by atoms with Crippen LogP contribution in [0.15, 0.2) is 48.9 Å². The number of fused-ring (bicyclic) bond motifs is 1. The number of amides is 2. The fourth-order valence-corrected chi connectivity index (χ4v) is 8.03. The third-order valence-electron chi connectivity index (χ3n) is 4.35. The van der Waals surface area contributed by atoms with Crippen molar-refractivity contribution in [1.82, 2.24) is 15.2 Å². The number of aromatic nitrogens is 1. The third kappa shape index (κ3) is 4.35. The van der Waals surface area contributed by atoms with Gasteiger partial charge in [-0.1, -0.05) is 6.07 Å². The Hall–Kier alpha value is -1.67. The predicted molar refractivity (Wildman–Crippen MR) is 118 cm³/mol. The molecule has 158 valence electrons. The van der Waals surface area contributed by atoms with Crippen LogP contribution < -0.4 is 5.32 Å². The number of rotatable bonds is 8. The van der Waals surface area contributed by atoms with Gasteiger partial charge in [0.05, 0.1) is 30.9 Å². The van der Waals surface area contributed by atoms with Gasteiger partial charge in [0.2, 0.25) is 5.91 Å². The number of carboxylic acids is 1. The summed E-state index contributed by atoms with van der Waals surface area (Å²) in [5.41, 5.74) is 2.37. The van der Waals surface area contributed by atoms with Crippen LogP contribution in [0.1, 0.15) is 0 Å². The first-order chi connectivity index (χ1) is 14.5. The van der Waals surface area contributed by atoms with E-state index in [-0.39, 0.29) is 11.4 Å². The first-order valence-corrected chi connectivity index (χ1v) is 13.7. The molecule has 4 heterocycles. The van der Waals surface area contributed by atoms with Gasteiger partial charge in [-0.25, -0.2) is 4.79 Å². The van der Waals surface area contributed by atoms with Crippen molar-refractivity contribution >= 4 is 74.8 Å². The van der Waals surface area contributed by atoms with E-state index in [0.29, 0.717) is 21.3 Å². The maximum absolute atomic E-state index is 12.7. The number of thiophene rings is 1. The van der Waals surface area contributed by atoms with E-state index in [9.17, 15) is 23.7 Å². The largest absolute Gasteiger partial charge is 0.477 e. The van der Waals surface area contributed by atoms with Crippen molar-refractivity contribution in [3.8, 4) is 0 Å². The van der Waals surface area contributed by atoms with Gasteiger partial charge >= 0.3 is 5.97 Å². The van der Waals surface area contributed by atoms with Crippen molar-refractivity contribution in [3.05, 3.63) is 40.5 Å². The van der Waals surface area contributed by atoms with E-state index in [2.05, 4.69) is 10.3 Å². The molecular weight excluding hydrogens is 487 g/mol. The Labute approximate surface area is 190 Å². The van der Waals surface area contributed by atoms with Crippen molar-refractivity contribution in [2.24, 2.45) is 0 Å². The Morgan fingerprint density at radius 3 is 2.90 bits per heavy atom. The summed E-state index contributed by atoms with van der Waals surface area (Å²) in [7, 11) is -1.47. The Bertz CT molecular complexity index is 1020. The van der Waals surface area contributed by atoms with Crippen LogP contribution in [0.3, 0.4) is 0 Å². The van der Waals surface area contributed by atoms with Crippen LogP contribution in [-0.2, 0) is 25.2 Å². The highest BCUT2D eigenvalue weighted by molar-refractivity contribution is 8.02. The van der Waals surface area contributed by atoms with Gasteiger partial charge in [-0.3, -0.25) is 23.7 Å². The molecule has 0 radical (unpaired) electrons. The molecule has 4 rings (SSSR count). The van der Waals surface area contributed by atoms with Crippen molar-refractivity contribution in [3.63, 3.8) is 0 Å². The second-order valence-electron chi connectivity index (χ2n) is 6.24. The SMILES string of the molecule is O=C(CS(=O)c1cccs1)NC1C(=O)N2C(C(=O)O)=C(CSc3cncs3)CSC12. The Morgan fingerprint density at radius 2 is 2.23 bits per heavy atom. The summed E-state index contributed by atoms with van der Waals surface area (Å²) in [6.07, 6.45) is 1.72. The van der Waals surface area contributed by atoms with Crippen LogP contribution in [0.5, 0.6) is 0 Å². The second-order valence-corrected chi connectivity index (χ2v) is 12.1. The smallest absolute Gasteiger partial charge is 0.352 e. The lowest BCUT2D eigenvalue weighted by Crippen LogP contribution is -2.70. The van der Waals surface area contributed by atoms with Crippen molar-refractivity contribution in [2.45, 2.75) is 19.8 Å². The molecule has 30 heavy (non-hydrogen) atoms. The van der Waals surface area contributed by atoms with E-state index in [1.165, 1.54) is 51.1 Å². The molecule has 2 aromatic rings. The van der Waals surface area contributed by atoms with Gasteiger partial charge in [0.1, 0.15) is 22.9 Å². The van der Waals surface area contributed by atoms with Crippen molar-refractivity contribution < 1.29 is 23.7 Å². The number of hydrogen-bond acceptors (Lipinski definition) is 9. The average molecular weight is 502 g/mol. The molecule has 0 spiro atoms. The highest BCUT2D eigenvalue weighted by Gasteiger charge is 2.54. The van der Waals surface area contributed by atoms with Gasteiger partial charge in [-0.05, 0) is 17.0 Å². The van der Waals surface area contributed by atoms with E-state index in [1.54, 1.807) is 29.2 Å². The lowest BCUT2D eigenvalue weighted by Gasteiger charge is -2.49. The molecule has 2 aliphatic heterocycles. The zero-order valence-corrected chi connectivity index (χ0v) is 19.3. The highest BCUT2D eigenvalue weighted by atomic mass is 32.2. The molecule has 3 atom stereocenters. The van der Waals surface area contributed by atoms with Gasteiger partial charge in [-0.15, -0.1) is 46.2 Å². The van der Waals surface area contributed by atoms with E-state index < -0.39 is 40.0 Å². The van der Waals surface area contributed by atoms with E-state index >= 15 is 0 Å². The molecule has 0 bridgehead atoms.